The van der Waals surface area contributed by atoms with E-state index < -0.39 is 0 Å². The molecule has 2 heteroatoms. The minimum atomic E-state index is 0.873. The molecular weight excluding hydrogens is 657 g/mol. The highest BCUT2D eigenvalue weighted by molar-refractivity contribution is 6.24. The highest BCUT2D eigenvalue weighted by atomic mass is 16.3. The number of hydrogen-bond acceptors (Lipinski definition) is 2. The lowest BCUT2D eigenvalue weighted by atomic mass is 9.84. The molecule has 2 heterocycles. The Kier molecular flexibility index (Phi) is 6.09. The van der Waals surface area contributed by atoms with Crippen molar-refractivity contribution in [3.8, 4) is 33.4 Å². The van der Waals surface area contributed by atoms with Crippen LogP contribution in [0.15, 0.2) is 191 Å². The third-order valence-electron chi connectivity index (χ3n) is 11.4. The van der Waals surface area contributed by atoms with Gasteiger partial charge in [-0.1, -0.05) is 140 Å². The fourth-order valence-corrected chi connectivity index (χ4v) is 8.93. The third kappa shape index (κ3) is 4.28. The van der Waals surface area contributed by atoms with Gasteiger partial charge in [0.15, 0.2) is 0 Å². The molecule has 0 bridgehead atoms. The standard InChI is InChI=1S/C52H30O2/c1-2-12-37-31(10-1)11-9-18-40(37)52-43-16-5-3-14-41(43)51(42-15-4-6-17-44(42)52)36-23-22-32-26-33(20-21-34(32)27-36)35-24-25-39-46-30-49-45(29-50(46)54-48(39)28-35)38-13-7-8-19-47(38)53-49/h1-30H. The summed E-state index contributed by atoms with van der Waals surface area (Å²) in [7, 11) is 0. The van der Waals surface area contributed by atoms with Crippen LogP contribution in [0.5, 0.6) is 0 Å². The molecule has 0 aliphatic carbocycles. The average molecular weight is 687 g/mol. The van der Waals surface area contributed by atoms with E-state index >= 15 is 0 Å². The van der Waals surface area contributed by atoms with E-state index in [0.717, 1.165) is 55.0 Å². The zero-order chi connectivity index (χ0) is 35.3. The van der Waals surface area contributed by atoms with E-state index in [9.17, 15) is 0 Å². The smallest absolute Gasteiger partial charge is 0.136 e. The molecule has 0 saturated carbocycles. The van der Waals surface area contributed by atoms with Crippen molar-refractivity contribution in [2.45, 2.75) is 0 Å². The number of hydrogen-bond donors (Lipinski definition) is 0. The van der Waals surface area contributed by atoms with E-state index in [1.54, 1.807) is 0 Å². The lowest BCUT2D eigenvalue weighted by molar-refractivity contribution is 0.664. The van der Waals surface area contributed by atoms with Gasteiger partial charge in [-0.2, -0.15) is 0 Å². The second-order valence-electron chi connectivity index (χ2n) is 14.4. The van der Waals surface area contributed by atoms with Gasteiger partial charge in [-0.25, -0.2) is 0 Å². The molecule has 12 aromatic rings. The summed E-state index contributed by atoms with van der Waals surface area (Å²) in [5, 5.41) is 14.3. The molecule has 2 aromatic heterocycles. The summed E-state index contributed by atoms with van der Waals surface area (Å²) in [6.07, 6.45) is 0. The Morgan fingerprint density at radius 2 is 0.722 bits per heavy atom. The van der Waals surface area contributed by atoms with Crippen LogP contribution in [0, 0.1) is 0 Å². The van der Waals surface area contributed by atoms with E-state index in [0.29, 0.717) is 0 Å². The summed E-state index contributed by atoms with van der Waals surface area (Å²) in [6, 6.07) is 65.8. The Labute approximate surface area is 310 Å². The summed E-state index contributed by atoms with van der Waals surface area (Å²) in [4.78, 5) is 0. The number of furan rings is 2. The molecule has 10 aromatic carbocycles. The lowest BCUT2D eigenvalue weighted by Gasteiger charge is -2.19. The van der Waals surface area contributed by atoms with E-state index in [2.05, 4.69) is 164 Å². The predicted octanol–water partition coefficient (Wildman–Crippen LogP) is 15.1. The van der Waals surface area contributed by atoms with E-state index in [4.69, 9.17) is 8.83 Å². The molecule has 0 aliphatic rings. The van der Waals surface area contributed by atoms with Gasteiger partial charge in [-0.3, -0.25) is 0 Å². The van der Waals surface area contributed by atoms with E-state index in [1.165, 1.54) is 65.3 Å². The highest BCUT2D eigenvalue weighted by Crippen LogP contribution is 2.46. The molecule has 250 valence electrons. The number of para-hydroxylation sites is 1. The van der Waals surface area contributed by atoms with Crippen LogP contribution in [-0.4, -0.2) is 0 Å². The van der Waals surface area contributed by atoms with Crippen LogP contribution in [0.4, 0.5) is 0 Å². The van der Waals surface area contributed by atoms with Gasteiger partial charge in [0.1, 0.15) is 22.3 Å². The Bertz CT molecular complexity index is 3440. The van der Waals surface area contributed by atoms with Gasteiger partial charge in [-0.05, 0) is 119 Å². The van der Waals surface area contributed by atoms with Gasteiger partial charge < -0.3 is 8.83 Å². The van der Waals surface area contributed by atoms with Gasteiger partial charge in [0.2, 0.25) is 0 Å². The Balaban J connectivity index is 0.981. The van der Waals surface area contributed by atoms with Crippen LogP contribution in [-0.2, 0) is 0 Å². The third-order valence-corrected chi connectivity index (χ3v) is 11.4. The molecule has 0 radical (unpaired) electrons. The summed E-state index contributed by atoms with van der Waals surface area (Å²) >= 11 is 0. The minimum absolute atomic E-state index is 0.873. The van der Waals surface area contributed by atoms with Crippen molar-refractivity contribution >= 4 is 87.0 Å². The maximum Gasteiger partial charge on any atom is 0.136 e. The molecule has 0 fully saturated rings. The first-order valence-corrected chi connectivity index (χ1v) is 18.5. The van der Waals surface area contributed by atoms with Gasteiger partial charge in [0, 0.05) is 21.5 Å². The van der Waals surface area contributed by atoms with Crippen LogP contribution >= 0.6 is 0 Å². The SMILES string of the molecule is c1ccc2c(-c3c4ccccc4c(-c4ccc5cc(-c6ccc7c(c6)oc6cc8c(cc67)oc6ccccc68)ccc5c4)c4ccccc34)cccc2c1. The highest BCUT2D eigenvalue weighted by Gasteiger charge is 2.19. The predicted molar refractivity (Wildman–Crippen MR) is 227 cm³/mol. The van der Waals surface area contributed by atoms with Crippen molar-refractivity contribution in [1.29, 1.82) is 0 Å². The molecule has 0 spiro atoms. The minimum Gasteiger partial charge on any atom is -0.456 e. The van der Waals surface area contributed by atoms with Crippen LogP contribution in [0.2, 0.25) is 0 Å². The van der Waals surface area contributed by atoms with Crippen molar-refractivity contribution in [3.05, 3.63) is 182 Å². The van der Waals surface area contributed by atoms with Gasteiger partial charge in [-0.15, -0.1) is 0 Å². The maximum atomic E-state index is 6.48. The molecule has 0 aliphatic heterocycles. The summed E-state index contributed by atoms with van der Waals surface area (Å²) < 4.78 is 12.7. The van der Waals surface area contributed by atoms with Crippen molar-refractivity contribution in [2.24, 2.45) is 0 Å². The molecule has 0 amide bonds. The number of rotatable bonds is 3. The second kappa shape index (κ2) is 11.2. The largest absolute Gasteiger partial charge is 0.456 e. The summed E-state index contributed by atoms with van der Waals surface area (Å²) in [6.45, 7) is 0. The van der Waals surface area contributed by atoms with E-state index in [-0.39, 0.29) is 0 Å². The average Bonchev–Trinajstić information content (AvgIpc) is 3.78. The first-order chi connectivity index (χ1) is 26.7. The quantitative estimate of drug-likeness (QED) is 0.173. The first kappa shape index (κ1) is 29.4. The number of benzene rings is 10. The van der Waals surface area contributed by atoms with Crippen molar-refractivity contribution in [1.82, 2.24) is 0 Å². The first-order valence-electron chi connectivity index (χ1n) is 18.5. The lowest BCUT2D eigenvalue weighted by Crippen LogP contribution is -1.91. The van der Waals surface area contributed by atoms with Crippen LogP contribution in [0.1, 0.15) is 0 Å². The fourth-order valence-electron chi connectivity index (χ4n) is 8.93. The fraction of sp³-hybridized carbons (Fsp3) is 0. The van der Waals surface area contributed by atoms with Crippen molar-refractivity contribution < 1.29 is 8.83 Å². The zero-order valence-electron chi connectivity index (χ0n) is 29.1. The molecular formula is C52H30O2. The van der Waals surface area contributed by atoms with Gasteiger partial charge in [0.25, 0.3) is 0 Å². The second-order valence-corrected chi connectivity index (χ2v) is 14.4. The topological polar surface area (TPSA) is 26.3 Å². The molecule has 12 rings (SSSR count). The molecule has 0 unspecified atom stereocenters. The molecule has 54 heavy (non-hydrogen) atoms. The normalized spacial score (nSPS) is 12.1. The summed E-state index contributed by atoms with van der Waals surface area (Å²) in [5.74, 6) is 0. The Hall–Kier alpha value is -7.16. The van der Waals surface area contributed by atoms with Gasteiger partial charge in [0.05, 0.1) is 0 Å². The van der Waals surface area contributed by atoms with Crippen LogP contribution in [0.25, 0.3) is 120 Å². The molecule has 2 nitrogen and oxygen atoms in total. The molecule has 0 saturated heterocycles. The van der Waals surface area contributed by atoms with Gasteiger partial charge >= 0.3 is 0 Å². The van der Waals surface area contributed by atoms with Crippen molar-refractivity contribution in [2.75, 3.05) is 0 Å². The molecule has 0 atom stereocenters. The Morgan fingerprint density at radius 1 is 0.241 bits per heavy atom. The van der Waals surface area contributed by atoms with E-state index in [1.807, 2.05) is 18.2 Å². The maximum absolute atomic E-state index is 6.48. The Morgan fingerprint density at radius 3 is 1.44 bits per heavy atom. The zero-order valence-corrected chi connectivity index (χ0v) is 29.1. The van der Waals surface area contributed by atoms with Crippen molar-refractivity contribution in [3.63, 3.8) is 0 Å². The van der Waals surface area contributed by atoms with Crippen LogP contribution < -0.4 is 0 Å². The van der Waals surface area contributed by atoms with Crippen LogP contribution in [0.3, 0.4) is 0 Å². The number of fused-ring (bicyclic) bond motifs is 10. The monoisotopic (exact) mass is 686 g/mol. The summed E-state index contributed by atoms with van der Waals surface area (Å²) in [5.41, 5.74) is 10.9. The molecule has 0 N–H and O–H groups in total.